The lowest BCUT2D eigenvalue weighted by Crippen LogP contribution is -2.38. The fourth-order valence-corrected chi connectivity index (χ4v) is 3.08. The van der Waals surface area contributed by atoms with Crippen molar-refractivity contribution in [2.45, 2.75) is 64.3 Å². The van der Waals surface area contributed by atoms with E-state index < -0.39 is 0 Å². The van der Waals surface area contributed by atoms with E-state index in [4.69, 9.17) is 15.2 Å². The number of hydrogen-bond donors (Lipinski definition) is 1. The number of aliphatic imine (C=N–C) groups is 1. The quantitative estimate of drug-likeness (QED) is 0.634. The van der Waals surface area contributed by atoms with Gasteiger partial charge < -0.3 is 20.1 Å². The topological polar surface area (TPSA) is 60.1 Å². The first-order valence-corrected chi connectivity index (χ1v) is 8.06. The van der Waals surface area contributed by atoms with Crippen molar-refractivity contribution in [3.05, 3.63) is 0 Å². The molecule has 0 aromatic heterocycles. The van der Waals surface area contributed by atoms with Gasteiger partial charge in [-0.15, -0.1) is 0 Å². The Balaban J connectivity index is 1.85. The van der Waals surface area contributed by atoms with E-state index in [-0.39, 0.29) is 11.9 Å². The molecule has 1 atom stereocenters. The standard InChI is InChI=1S/C15H29N3O2/c1-3-18(4-2)14(16)17-11-13-12-19-15(20-13)9-7-5-6-8-10-15/h13H,3-12H2,1-2H3,(H2,16,17)/t13-/m0/s1. The first-order chi connectivity index (χ1) is 9.69. The summed E-state index contributed by atoms with van der Waals surface area (Å²) >= 11 is 0. The van der Waals surface area contributed by atoms with Gasteiger partial charge in [0.25, 0.3) is 0 Å². The van der Waals surface area contributed by atoms with Crippen LogP contribution < -0.4 is 5.73 Å². The Morgan fingerprint density at radius 2 is 1.85 bits per heavy atom. The maximum atomic E-state index is 6.16. The van der Waals surface area contributed by atoms with Crippen LogP contribution in [0.25, 0.3) is 0 Å². The van der Waals surface area contributed by atoms with Crippen LogP contribution in [0.1, 0.15) is 52.4 Å². The minimum absolute atomic E-state index is 0.0576. The number of guanidine groups is 1. The van der Waals surface area contributed by atoms with Crippen molar-refractivity contribution in [3.63, 3.8) is 0 Å². The van der Waals surface area contributed by atoms with Crippen LogP contribution in [0.5, 0.6) is 0 Å². The van der Waals surface area contributed by atoms with Crippen molar-refractivity contribution in [1.82, 2.24) is 4.90 Å². The molecule has 1 saturated carbocycles. The van der Waals surface area contributed by atoms with Gasteiger partial charge in [0.05, 0.1) is 13.2 Å². The Hall–Kier alpha value is -0.810. The third-order valence-electron chi connectivity index (χ3n) is 4.32. The summed E-state index contributed by atoms with van der Waals surface area (Å²) in [6.07, 6.45) is 7.12. The van der Waals surface area contributed by atoms with Crippen LogP contribution >= 0.6 is 0 Å². The summed E-state index contributed by atoms with van der Waals surface area (Å²) in [5, 5.41) is 0. The summed E-state index contributed by atoms with van der Waals surface area (Å²) < 4.78 is 12.1. The van der Waals surface area contributed by atoms with Crippen molar-refractivity contribution in [3.8, 4) is 0 Å². The highest BCUT2D eigenvalue weighted by molar-refractivity contribution is 5.78. The smallest absolute Gasteiger partial charge is 0.191 e. The highest BCUT2D eigenvalue weighted by Gasteiger charge is 2.41. The highest BCUT2D eigenvalue weighted by atomic mass is 16.7. The SMILES string of the molecule is CCN(CC)C(N)=NC[C@H]1COC2(CCCCCC2)O1. The second-order valence-electron chi connectivity index (χ2n) is 5.75. The van der Waals surface area contributed by atoms with Gasteiger partial charge in [0.1, 0.15) is 6.10 Å². The molecule has 0 unspecified atom stereocenters. The zero-order valence-electron chi connectivity index (χ0n) is 12.9. The first-order valence-electron chi connectivity index (χ1n) is 8.06. The van der Waals surface area contributed by atoms with Gasteiger partial charge in [0.15, 0.2) is 11.7 Å². The molecule has 1 saturated heterocycles. The number of hydrogen-bond acceptors (Lipinski definition) is 3. The monoisotopic (exact) mass is 283 g/mol. The molecule has 1 heterocycles. The van der Waals surface area contributed by atoms with E-state index >= 15 is 0 Å². The van der Waals surface area contributed by atoms with Gasteiger partial charge in [0.2, 0.25) is 0 Å². The summed E-state index contributed by atoms with van der Waals surface area (Å²) in [4.78, 5) is 6.52. The summed E-state index contributed by atoms with van der Waals surface area (Å²) in [6.45, 7) is 7.19. The second-order valence-corrected chi connectivity index (χ2v) is 5.75. The van der Waals surface area contributed by atoms with Crippen LogP contribution in [0.3, 0.4) is 0 Å². The zero-order valence-corrected chi connectivity index (χ0v) is 12.9. The van der Waals surface area contributed by atoms with Gasteiger partial charge in [-0.3, -0.25) is 4.99 Å². The molecule has 0 amide bonds. The Kier molecular flexibility index (Phi) is 5.66. The fraction of sp³-hybridized carbons (Fsp3) is 0.933. The fourth-order valence-electron chi connectivity index (χ4n) is 3.08. The van der Waals surface area contributed by atoms with Gasteiger partial charge in [-0.2, -0.15) is 0 Å². The summed E-state index contributed by atoms with van der Waals surface area (Å²) in [7, 11) is 0. The van der Waals surface area contributed by atoms with Gasteiger partial charge in [-0.25, -0.2) is 0 Å². The number of rotatable bonds is 4. The Morgan fingerprint density at radius 1 is 1.20 bits per heavy atom. The molecule has 5 nitrogen and oxygen atoms in total. The lowest BCUT2D eigenvalue weighted by Gasteiger charge is -2.26. The van der Waals surface area contributed by atoms with Crippen molar-refractivity contribution < 1.29 is 9.47 Å². The van der Waals surface area contributed by atoms with E-state index in [0.29, 0.717) is 19.1 Å². The van der Waals surface area contributed by atoms with Crippen LogP contribution in [0, 0.1) is 0 Å². The number of ether oxygens (including phenoxy) is 2. The van der Waals surface area contributed by atoms with Crippen molar-refractivity contribution >= 4 is 5.96 Å². The zero-order chi connectivity index (χ0) is 14.4. The molecule has 0 aromatic rings. The molecule has 2 N–H and O–H groups in total. The predicted molar refractivity (Wildman–Crippen MR) is 80.7 cm³/mol. The molecule has 1 aliphatic carbocycles. The third-order valence-corrected chi connectivity index (χ3v) is 4.32. The molecule has 116 valence electrons. The van der Waals surface area contributed by atoms with Gasteiger partial charge in [-0.1, -0.05) is 12.8 Å². The minimum Gasteiger partial charge on any atom is -0.370 e. The molecule has 1 aliphatic heterocycles. The predicted octanol–water partition coefficient (Wildman–Crippen LogP) is 2.11. The van der Waals surface area contributed by atoms with Crippen molar-refractivity contribution in [2.75, 3.05) is 26.2 Å². The first kappa shape index (κ1) is 15.6. The minimum atomic E-state index is -0.319. The molecule has 0 bridgehead atoms. The Morgan fingerprint density at radius 3 is 2.45 bits per heavy atom. The molecule has 20 heavy (non-hydrogen) atoms. The Bertz CT molecular complexity index is 321. The maximum absolute atomic E-state index is 6.16. The van der Waals surface area contributed by atoms with Gasteiger partial charge in [-0.05, 0) is 26.7 Å². The van der Waals surface area contributed by atoms with Crippen LogP contribution in [0.15, 0.2) is 4.99 Å². The molecular formula is C15H29N3O2. The van der Waals surface area contributed by atoms with E-state index in [9.17, 15) is 0 Å². The normalized spacial score (nSPS) is 26.7. The second kappa shape index (κ2) is 7.27. The number of nitrogens with two attached hydrogens (primary N) is 1. The lowest BCUT2D eigenvalue weighted by molar-refractivity contribution is -0.174. The maximum Gasteiger partial charge on any atom is 0.191 e. The average molecular weight is 283 g/mol. The van der Waals surface area contributed by atoms with E-state index in [1.165, 1.54) is 25.7 Å². The summed E-state index contributed by atoms with van der Waals surface area (Å²) in [5.74, 6) is 0.293. The molecule has 2 fully saturated rings. The third kappa shape index (κ3) is 3.85. The van der Waals surface area contributed by atoms with Crippen LogP contribution in [-0.4, -0.2) is 49.0 Å². The van der Waals surface area contributed by atoms with E-state index in [2.05, 4.69) is 23.7 Å². The summed E-state index contributed by atoms with van der Waals surface area (Å²) in [6, 6.07) is 0. The summed E-state index contributed by atoms with van der Waals surface area (Å²) in [5.41, 5.74) is 5.99. The molecule has 1 spiro atoms. The van der Waals surface area contributed by atoms with Crippen LogP contribution in [-0.2, 0) is 9.47 Å². The molecule has 0 aromatic carbocycles. The van der Waals surface area contributed by atoms with Crippen LogP contribution in [0.2, 0.25) is 0 Å². The van der Waals surface area contributed by atoms with Crippen molar-refractivity contribution in [2.24, 2.45) is 10.7 Å². The molecule has 2 aliphatic rings. The van der Waals surface area contributed by atoms with E-state index in [1.807, 2.05) is 0 Å². The number of nitrogens with zero attached hydrogens (tertiary/aromatic N) is 2. The largest absolute Gasteiger partial charge is 0.370 e. The Labute approximate surface area is 122 Å². The lowest BCUT2D eigenvalue weighted by atomic mass is 10.1. The van der Waals surface area contributed by atoms with E-state index in [0.717, 1.165) is 25.9 Å². The van der Waals surface area contributed by atoms with Crippen LogP contribution in [0.4, 0.5) is 0 Å². The average Bonchev–Trinajstić information content (AvgIpc) is 2.70. The van der Waals surface area contributed by atoms with Crippen molar-refractivity contribution in [1.29, 1.82) is 0 Å². The van der Waals surface area contributed by atoms with E-state index in [1.54, 1.807) is 0 Å². The molecule has 0 radical (unpaired) electrons. The molecule has 5 heteroatoms. The molecular weight excluding hydrogens is 254 g/mol. The highest BCUT2D eigenvalue weighted by Crippen LogP contribution is 2.36. The molecule has 2 rings (SSSR count). The van der Waals surface area contributed by atoms with Gasteiger partial charge >= 0.3 is 0 Å². The van der Waals surface area contributed by atoms with Gasteiger partial charge in [0, 0.05) is 25.9 Å².